The molecule has 3 amide bonds. The van der Waals surface area contributed by atoms with E-state index in [4.69, 9.17) is 4.84 Å². The molecule has 0 aromatic rings. The van der Waals surface area contributed by atoms with Gasteiger partial charge in [0.25, 0.3) is 5.91 Å². The second kappa shape index (κ2) is 9.77. The van der Waals surface area contributed by atoms with Crippen molar-refractivity contribution in [3.63, 3.8) is 0 Å². The molecule has 4 aliphatic rings. The number of urea groups is 1. The summed E-state index contributed by atoms with van der Waals surface area (Å²) in [6.45, 7) is 3.64. The van der Waals surface area contributed by atoms with Crippen LogP contribution < -0.4 is 16.1 Å². The highest BCUT2D eigenvalue weighted by Gasteiger charge is 2.48. The third-order valence-electron chi connectivity index (χ3n) is 6.17. The van der Waals surface area contributed by atoms with Crippen molar-refractivity contribution in [2.45, 2.75) is 37.4 Å². The molecule has 4 aliphatic heterocycles. The molecule has 0 spiro atoms. The number of nitrogens with one attached hydrogen (secondary N) is 3. The van der Waals surface area contributed by atoms with Gasteiger partial charge in [0, 0.05) is 38.1 Å². The van der Waals surface area contributed by atoms with Crippen LogP contribution in [0.2, 0.25) is 0 Å². The number of hydrogen-bond donors (Lipinski definition) is 3. The van der Waals surface area contributed by atoms with Crippen LogP contribution in [0.3, 0.4) is 0 Å². The summed E-state index contributed by atoms with van der Waals surface area (Å²) in [5.74, 6) is 3.93. The fourth-order valence-electron chi connectivity index (χ4n) is 4.70. The predicted molar refractivity (Wildman–Crippen MR) is 110 cm³/mol. The van der Waals surface area contributed by atoms with E-state index in [0.29, 0.717) is 41.3 Å². The monoisotopic (exact) mass is 479 g/mol. The molecule has 3 N–H and O–H groups in total. The maximum Gasteiger partial charge on any atom is 0.346 e. The molecular formula is C17H29N5O7S2. The number of rotatable bonds is 8. The molecule has 2 bridgehead atoms. The van der Waals surface area contributed by atoms with Crippen molar-refractivity contribution in [3.8, 4) is 0 Å². The van der Waals surface area contributed by atoms with Gasteiger partial charge in [-0.2, -0.15) is 9.35 Å². The van der Waals surface area contributed by atoms with Gasteiger partial charge < -0.3 is 20.1 Å². The topological polar surface area (TPSA) is 152 Å². The third kappa shape index (κ3) is 5.80. The summed E-state index contributed by atoms with van der Waals surface area (Å²) in [7, 11) is -4.56. The van der Waals surface area contributed by atoms with Crippen molar-refractivity contribution < 1.29 is 31.7 Å². The highest BCUT2D eigenvalue weighted by molar-refractivity contribution is 7.96. The Morgan fingerprint density at radius 1 is 1.29 bits per heavy atom. The minimum atomic E-state index is -5.06. The van der Waals surface area contributed by atoms with E-state index >= 15 is 0 Å². The number of carbonyl (C=O) groups is 2. The molecule has 4 heterocycles. The molecule has 0 saturated carbocycles. The van der Waals surface area contributed by atoms with Crippen LogP contribution in [0.5, 0.6) is 0 Å². The number of piperidine rings is 1. The average Bonchev–Trinajstić information content (AvgIpc) is 3.26. The molecule has 4 fully saturated rings. The highest BCUT2D eigenvalue weighted by Crippen LogP contribution is 2.30. The van der Waals surface area contributed by atoms with E-state index in [1.54, 1.807) is 0 Å². The SMILES string of the molecule is O=C(NOC[C@H]1C[C@@H](C[S+]2CCNCC2)CN1)[C@@H]1CC[C@@H]2CN1C(=O)N2OS(=O)(=O)[O-]. The quantitative estimate of drug-likeness (QED) is 0.154. The Morgan fingerprint density at radius 2 is 2.06 bits per heavy atom. The van der Waals surface area contributed by atoms with Crippen LogP contribution in [-0.2, 0) is 35.2 Å². The van der Waals surface area contributed by atoms with E-state index in [9.17, 15) is 22.6 Å². The summed E-state index contributed by atoms with van der Waals surface area (Å²) in [4.78, 5) is 31.5. The van der Waals surface area contributed by atoms with Gasteiger partial charge in [-0.1, -0.05) is 0 Å². The first kappa shape index (κ1) is 23.0. The van der Waals surface area contributed by atoms with Gasteiger partial charge in [-0.3, -0.25) is 9.63 Å². The zero-order chi connectivity index (χ0) is 22.0. The minimum Gasteiger partial charge on any atom is -0.724 e. The molecule has 0 aromatic heterocycles. The van der Waals surface area contributed by atoms with Crippen LogP contribution in [-0.4, -0.2) is 103 Å². The van der Waals surface area contributed by atoms with Crippen LogP contribution in [0, 0.1) is 5.92 Å². The molecule has 176 valence electrons. The molecule has 14 heteroatoms. The van der Waals surface area contributed by atoms with Crippen molar-refractivity contribution in [3.05, 3.63) is 0 Å². The smallest absolute Gasteiger partial charge is 0.346 e. The lowest BCUT2D eigenvalue weighted by molar-refractivity contribution is -0.139. The maximum atomic E-state index is 12.5. The Labute approximate surface area is 184 Å². The molecule has 0 radical (unpaired) electrons. The van der Waals surface area contributed by atoms with Crippen molar-refractivity contribution in [1.29, 1.82) is 0 Å². The second-order valence-electron chi connectivity index (χ2n) is 8.41. The summed E-state index contributed by atoms with van der Waals surface area (Å²) in [6.07, 6.45) is 1.68. The summed E-state index contributed by atoms with van der Waals surface area (Å²) < 4.78 is 36.8. The van der Waals surface area contributed by atoms with Crippen LogP contribution in [0.25, 0.3) is 0 Å². The predicted octanol–water partition coefficient (Wildman–Crippen LogP) is -2.11. The van der Waals surface area contributed by atoms with Crippen LogP contribution >= 0.6 is 0 Å². The lowest BCUT2D eigenvalue weighted by atomic mass is 10.0. The van der Waals surface area contributed by atoms with Crippen LogP contribution in [0.4, 0.5) is 4.79 Å². The largest absolute Gasteiger partial charge is 0.724 e. The molecule has 4 rings (SSSR count). The van der Waals surface area contributed by atoms with Crippen LogP contribution in [0.15, 0.2) is 0 Å². The Bertz CT molecular complexity index is 779. The Balaban J connectivity index is 1.19. The molecule has 31 heavy (non-hydrogen) atoms. The summed E-state index contributed by atoms with van der Waals surface area (Å²) >= 11 is 0. The molecule has 12 nitrogen and oxygen atoms in total. The number of hydroxylamine groups is 3. The Kier molecular flexibility index (Phi) is 7.25. The van der Waals surface area contributed by atoms with Gasteiger partial charge in [0.05, 0.1) is 12.6 Å². The summed E-state index contributed by atoms with van der Waals surface area (Å²) in [5.41, 5.74) is 2.42. The Morgan fingerprint density at radius 3 is 2.81 bits per heavy atom. The third-order valence-corrected chi connectivity index (χ3v) is 9.02. The number of hydrogen-bond acceptors (Lipinski definition) is 9. The summed E-state index contributed by atoms with van der Waals surface area (Å²) in [5, 5.41) is 7.40. The lowest BCUT2D eigenvalue weighted by Gasteiger charge is -2.29. The highest BCUT2D eigenvalue weighted by atomic mass is 32.3. The van der Waals surface area contributed by atoms with Gasteiger partial charge in [-0.15, -0.1) is 0 Å². The lowest BCUT2D eigenvalue weighted by Crippen LogP contribution is -2.50. The normalized spacial score (nSPS) is 32.0. The van der Waals surface area contributed by atoms with E-state index in [1.807, 2.05) is 0 Å². The number of amides is 3. The zero-order valence-corrected chi connectivity index (χ0v) is 18.8. The molecule has 0 aliphatic carbocycles. The fourth-order valence-corrected chi connectivity index (χ4v) is 7.41. The standard InChI is InChI=1S/C17H29N5O7S2/c23-16(15-2-1-14-9-21(15)17(24)22(14)29-31(25,26)27)20-28-10-13-7-12(8-19-13)11-30-5-3-18-4-6-30/h12-15,18-19H,1-11H2,(H-,20,23,25,26,27)/t12-,13-,14-,15+/m1/s1. The Hall–Kier alpha value is -1.16. The van der Waals surface area contributed by atoms with E-state index in [2.05, 4.69) is 20.4 Å². The number of fused-ring (bicyclic) bond motifs is 2. The molecule has 0 aromatic carbocycles. The van der Waals surface area contributed by atoms with Crippen molar-refractivity contribution >= 4 is 33.2 Å². The molecule has 4 atom stereocenters. The van der Waals surface area contributed by atoms with Crippen molar-refractivity contribution in [2.75, 3.05) is 50.0 Å². The summed E-state index contributed by atoms with van der Waals surface area (Å²) in [6, 6.07) is -1.99. The van der Waals surface area contributed by atoms with Gasteiger partial charge >= 0.3 is 6.03 Å². The average molecular weight is 480 g/mol. The van der Waals surface area contributed by atoms with Gasteiger partial charge in [0.15, 0.2) is 0 Å². The van der Waals surface area contributed by atoms with Gasteiger partial charge in [-0.05, 0) is 30.2 Å². The van der Waals surface area contributed by atoms with E-state index in [1.165, 1.54) is 22.2 Å². The number of nitrogens with zero attached hydrogens (tertiary/aromatic N) is 2. The fraction of sp³-hybridized carbons (Fsp3) is 0.882. The van der Waals surface area contributed by atoms with Gasteiger partial charge in [0.2, 0.25) is 10.4 Å². The first-order valence-corrected chi connectivity index (χ1v) is 13.6. The van der Waals surface area contributed by atoms with Crippen molar-refractivity contribution in [2.24, 2.45) is 5.92 Å². The molecular weight excluding hydrogens is 450 g/mol. The maximum absolute atomic E-state index is 12.5. The minimum absolute atomic E-state index is 0.121. The van der Waals surface area contributed by atoms with E-state index < -0.39 is 34.4 Å². The molecule has 0 unspecified atom stereocenters. The zero-order valence-electron chi connectivity index (χ0n) is 17.2. The second-order valence-corrected chi connectivity index (χ2v) is 11.8. The van der Waals surface area contributed by atoms with Crippen molar-refractivity contribution in [1.82, 2.24) is 26.1 Å². The van der Waals surface area contributed by atoms with E-state index in [-0.39, 0.29) is 12.6 Å². The first-order chi connectivity index (χ1) is 14.8. The van der Waals surface area contributed by atoms with Gasteiger partial charge in [0.1, 0.15) is 23.3 Å². The van der Waals surface area contributed by atoms with E-state index in [0.717, 1.165) is 26.1 Å². The number of carbonyl (C=O) groups excluding carboxylic acids is 2. The first-order valence-electron chi connectivity index (χ1n) is 10.6. The van der Waals surface area contributed by atoms with Crippen LogP contribution in [0.1, 0.15) is 19.3 Å². The molecule has 4 saturated heterocycles. The van der Waals surface area contributed by atoms with Gasteiger partial charge in [-0.25, -0.2) is 18.7 Å².